The van der Waals surface area contributed by atoms with Crippen molar-refractivity contribution in [2.24, 2.45) is 0 Å². The fraction of sp³-hybridized carbons (Fsp3) is 0.536. The summed E-state index contributed by atoms with van der Waals surface area (Å²) in [5, 5.41) is 1.16. The van der Waals surface area contributed by atoms with Crippen molar-refractivity contribution in [2.75, 3.05) is 0 Å². The molecule has 0 N–H and O–H groups in total. The maximum absolute atomic E-state index is 11.7. The predicted molar refractivity (Wildman–Crippen MR) is 137 cm³/mol. The maximum Gasteiger partial charge on any atom is 0.303 e. The van der Waals surface area contributed by atoms with Crippen molar-refractivity contribution in [1.29, 1.82) is 0 Å². The smallest absolute Gasteiger partial charge is 0.303 e. The van der Waals surface area contributed by atoms with E-state index in [2.05, 4.69) is 69.3 Å². The van der Waals surface area contributed by atoms with Gasteiger partial charge >= 0.3 is 5.97 Å². The van der Waals surface area contributed by atoms with E-state index in [1.54, 1.807) is 0 Å². The molecule has 1 atom stereocenters. The lowest BCUT2D eigenvalue weighted by Crippen LogP contribution is -2.44. The summed E-state index contributed by atoms with van der Waals surface area (Å²) >= 11 is 0. The minimum absolute atomic E-state index is 0.191. The molecule has 2 rings (SSSR count). The predicted octanol–water partition coefficient (Wildman–Crippen LogP) is 7.74. The number of furan rings is 1. The zero-order valence-electron chi connectivity index (χ0n) is 20.6. The van der Waals surface area contributed by atoms with Crippen LogP contribution in [-0.2, 0) is 16.0 Å². The van der Waals surface area contributed by atoms with E-state index >= 15 is 0 Å². The van der Waals surface area contributed by atoms with Gasteiger partial charge in [-0.25, -0.2) is 0 Å². The van der Waals surface area contributed by atoms with Crippen LogP contribution >= 0.6 is 0 Å². The molecular weight excluding hydrogens is 412 g/mol. The number of benzene rings is 1. The average molecular weight is 455 g/mol. The van der Waals surface area contributed by atoms with Gasteiger partial charge in [0.1, 0.15) is 14.2 Å². The van der Waals surface area contributed by atoms with Gasteiger partial charge in [-0.05, 0) is 50.2 Å². The molecule has 0 saturated carbocycles. The van der Waals surface area contributed by atoms with Crippen molar-refractivity contribution >= 4 is 19.4 Å². The molecule has 32 heavy (non-hydrogen) atoms. The molecule has 1 unspecified atom stereocenters. The van der Waals surface area contributed by atoms with Gasteiger partial charge in [0, 0.05) is 12.5 Å². The molecular formula is C28H42O3Si. The van der Waals surface area contributed by atoms with Crippen LogP contribution in [0.5, 0.6) is 0 Å². The average Bonchev–Trinajstić information content (AvgIpc) is 3.30. The number of hydrogen-bond acceptors (Lipinski definition) is 3. The van der Waals surface area contributed by atoms with Crippen molar-refractivity contribution in [3.05, 3.63) is 65.9 Å². The Balaban J connectivity index is 1.77. The molecule has 1 aromatic carbocycles. The highest BCUT2D eigenvalue weighted by Gasteiger charge is 2.33. The van der Waals surface area contributed by atoms with E-state index in [1.165, 1.54) is 37.0 Å². The van der Waals surface area contributed by atoms with Gasteiger partial charge in [-0.1, -0.05) is 87.8 Å². The Morgan fingerprint density at radius 3 is 2.34 bits per heavy atom. The number of carbonyl (C=O) groups excluding carboxylic acids is 1. The molecule has 176 valence electrons. The van der Waals surface area contributed by atoms with Crippen LogP contribution in [0.2, 0.25) is 18.1 Å². The molecule has 0 aliphatic carbocycles. The van der Waals surface area contributed by atoms with Crippen molar-refractivity contribution in [2.45, 2.75) is 96.9 Å². The lowest BCUT2D eigenvalue weighted by molar-refractivity contribution is -0.147. The Morgan fingerprint density at radius 1 is 1.00 bits per heavy atom. The maximum atomic E-state index is 11.7. The standard InChI is InChI=1S/C28H42O3Si/c1-5-32(6-2,7-3)28-22-26(23-30-28)27(31-24(4)29)21-17-12-10-8-9-11-14-18-25-19-15-13-16-20-25/h9,11,13,15-16,19-20,22-23,27H,5-8,10,12,14,17-18,21H2,1-4H3/b11-9+. The summed E-state index contributed by atoms with van der Waals surface area (Å²) in [4.78, 5) is 11.7. The number of allylic oxidation sites excluding steroid dienone is 2. The fourth-order valence-electron chi connectivity index (χ4n) is 4.46. The molecule has 0 fully saturated rings. The van der Waals surface area contributed by atoms with E-state index in [1.807, 2.05) is 6.26 Å². The number of ether oxygens (including phenoxy) is 1. The summed E-state index contributed by atoms with van der Waals surface area (Å²) in [6, 6.07) is 16.4. The molecule has 0 aliphatic rings. The molecule has 0 bridgehead atoms. The topological polar surface area (TPSA) is 39.4 Å². The van der Waals surface area contributed by atoms with Crippen molar-refractivity contribution in [3.8, 4) is 0 Å². The molecule has 0 saturated heterocycles. The normalized spacial score (nSPS) is 12.9. The van der Waals surface area contributed by atoms with Crippen molar-refractivity contribution in [1.82, 2.24) is 0 Å². The molecule has 4 heteroatoms. The zero-order valence-corrected chi connectivity index (χ0v) is 21.6. The minimum Gasteiger partial charge on any atom is -0.474 e. The first kappa shape index (κ1) is 26.2. The van der Waals surface area contributed by atoms with Crippen LogP contribution in [0.4, 0.5) is 0 Å². The Bertz CT molecular complexity index is 797. The SMILES string of the molecule is CC[Si](CC)(CC)c1cc(C(CCCCC/C=C/CCc2ccccc2)OC(C)=O)co1. The molecule has 0 spiro atoms. The van der Waals surface area contributed by atoms with Crippen LogP contribution in [0.3, 0.4) is 0 Å². The highest BCUT2D eigenvalue weighted by molar-refractivity contribution is 6.90. The number of carbonyl (C=O) groups is 1. The van der Waals surface area contributed by atoms with Gasteiger partial charge in [0.05, 0.1) is 11.6 Å². The highest BCUT2D eigenvalue weighted by Crippen LogP contribution is 2.27. The van der Waals surface area contributed by atoms with Gasteiger partial charge in [0.25, 0.3) is 0 Å². The van der Waals surface area contributed by atoms with Crippen molar-refractivity contribution in [3.63, 3.8) is 0 Å². The first-order valence-corrected chi connectivity index (χ1v) is 15.1. The summed E-state index contributed by atoms with van der Waals surface area (Å²) in [5.74, 6) is -0.218. The van der Waals surface area contributed by atoms with E-state index in [9.17, 15) is 4.79 Å². The van der Waals surface area contributed by atoms with Crippen LogP contribution in [0, 0.1) is 0 Å². The van der Waals surface area contributed by atoms with E-state index in [0.29, 0.717) is 0 Å². The summed E-state index contributed by atoms with van der Waals surface area (Å²) in [7, 11) is -1.56. The quantitative estimate of drug-likeness (QED) is 0.120. The second kappa shape index (κ2) is 14.2. The first-order chi connectivity index (χ1) is 15.5. The molecule has 1 aromatic heterocycles. The molecule has 1 heterocycles. The van der Waals surface area contributed by atoms with E-state index in [-0.39, 0.29) is 12.1 Å². The fourth-order valence-corrected chi connectivity index (χ4v) is 7.79. The highest BCUT2D eigenvalue weighted by atomic mass is 28.3. The third-order valence-electron chi connectivity index (χ3n) is 6.80. The van der Waals surface area contributed by atoms with Gasteiger partial charge in [0.2, 0.25) is 0 Å². The zero-order chi connectivity index (χ0) is 23.2. The lowest BCUT2D eigenvalue weighted by Gasteiger charge is -2.24. The van der Waals surface area contributed by atoms with Gasteiger partial charge < -0.3 is 9.15 Å². The summed E-state index contributed by atoms with van der Waals surface area (Å²) in [6.07, 6.45) is 13.8. The third kappa shape index (κ3) is 8.12. The summed E-state index contributed by atoms with van der Waals surface area (Å²) in [5.41, 5.74) is 2.43. The van der Waals surface area contributed by atoms with Crippen molar-refractivity contribution < 1.29 is 13.9 Å². The van der Waals surface area contributed by atoms with Gasteiger partial charge in [-0.15, -0.1) is 0 Å². The Morgan fingerprint density at radius 2 is 1.69 bits per heavy atom. The summed E-state index contributed by atoms with van der Waals surface area (Å²) < 4.78 is 11.7. The Kier molecular flexibility index (Phi) is 11.6. The monoisotopic (exact) mass is 454 g/mol. The van der Waals surface area contributed by atoms with Crippen LogP contribution in [0.25, 0.3) is 0 Å². The van der Waals surface area contributed by atoms with Crippen LogP contribution in [0.1, 0.15) is 83.5 Å². The minimum atomic E-state index is -1.56. The molecule has 0 radical (unpaired) electrons. The number of hydrogen-bond donors (Lipinski definition) is 0. The largest absolute Gasteiger partial charge is 0.474 e. The van der Waals surface area contributed by atoms with E-state index in [0.717, 1.165) is 49.5 Å². The van der Waals surface area contributed by atoms with Gasteiger partial charge in [-0.3, -0.25) is 4.79 Å². The Hall–Kier alpha value is -2.07. The van der Waals surface area contributed by atoms with Crippen LogP contribution < -0.4 is 5.38 Å². The molecule has 2 aromatic rings. The number of esters is 1. The Labute approximate surface area is 196 Å². The van der Waals surface area contributed by atoms with Gasteiger partial charge in [-0.2, -0.15) is 0 Å². The molecule has 0 amide bonds. The molecule has 0 aliphatic heterocycles. The van der Waals surface area contributed by atoms with Crippen LogP contribution in [-0.4, -0.2) is 14.0 Å². The first-order valence-electron chi connectivity index (χ1n) is 12.5. The second-order valence-electron chi connectivity index (χ2n) is 8.82. The summed E-state index contributed by atoms with van der Waals surface area (Å²) in [6.45, 7) is 8.33. The van der Waals surface area contributed by atoms with Gasteiger partial charge in [0.15, 0.2) is 0 Å². The van der Waals surface area contributed by atoms with Crippen LogP contribution in [0.15, 0.2) is 59.2 Å². The van der Waals surface area contributed by atoms with E-state index < -0.39 is 8.07 Å². The molecule has 3 nitrogen and oxygen atoms in total. The number of unbranched alkanes of at least 4 members (excludes halogenated alkanes) is 3. The van der Waals surface area contributed by atoms with E-state index in [4.69, 9.17) is 9.15 Å². The lowest BCUT2D eigenvalue weighted by atomic mass is 10.0. The number of rotatable bonds is 15. The third-order valence-corrected chi connectivity index (χ3v) is 12.2. The second-order valence-corrected chi connectivity index (χ2v) is 14.0. The number of aryl methyl sites for hydroxylation is 1.